The highest BCUT2D eigenvalue weighted by atomic mass is 19.4. The maximum atomic E-state index is 11.7. The quantitative estimate of drug-likeness (QED) is 0.767. The molecule has 1 aromatic carbocycles. The number of halogens is 3. The van der Waals surface area contributed by atoms with Gasteiger partial charge < -0.3 is 14.8 Å². The summed E-state index contributed by atoms with van der Waals surface area (Å²) in [6.07, 6.45) is -3.73. The van der Waals surface area contributed by atoms with Crippen molar-refractivity contribution < 1.29 is 22.6 Å². The van der Waals surface area contributed by atoms with E-state index in [0.717, 1.165) is 11.4 Å². The largest absolute Gasteiger partial charge is 0.497 e. The lowest BCUT2D eigenvalue weighted by Crippen LogP contribution is -2.18. The van der Waals surface area contributed by atoms with Gasteiger partial charge in [0.25, 0.3) is 0 Å². The first-order valence-corrected chi connectivity index (χ1v) is 5.54. The van der Waals surface area contributed by atoms with Crippen molar-refractivity contribution in [3.63, 3.8) is 0 Å². The number of nitrogens with one attached hydrogen (secondary N) is 1. The minimum Gasteiger partial charge on any atom is -0.497 e. The molecule has 0 aromatic heterocycles. The Labute approximate surface area is 104 Å². The van der Waals surface area contributed by atoms with E-state index in [1.807, 2.05) is 24.3 Å². The van der Waals surface area contributed by atoms with Crippen LogP contribution in [0.1, 0.15) is 6.42 Å². The average molecular weight is 263 g/mol. The summed E-state index contributed by atoms with van der Waals surface area (Å²) >= 11 is 0. The van der Waals surface area contributed by atoms with E-state index in [1.165, 1.54) is 0 Å². The summed E-state index contributed by atoms with van der Waals surface area (Å²) in [5.41, 5.74) is 0.895. The van der Waals surface area contributed by atoms with Gasteiger partial charge in [-0.25, -0.2) is 0 Å². The molecule has 0 spiro atoms. The van der Waals surface area contributed by atoms with E-state index < -0.39 is 12.8 Å². The molecule has 0 bridgehead atoms. The number of benzene rings is 1. The molecule has 0 radical (unpaired) electrons. The summed E-state index contributed by atoms with van der Waals surface area (Å²) in [6, 6.07) is 7.30. The van der Waals surface area contributed by atoms with Crippen molar-refractivity contribution in [1.29, 1.82) is 0 Å². The van der Waals surface area contributed by atoms with Crippen LogP contribution in [0.2, 0.25) is 0 Å². The summed E-state index contributed by atoms with van der Waals surface area (Å²) in [5.74, 6) is 0.758. The first-order valence-electron chi connectivity index (χ1n) is 5.54. The molecular weight excluding hydrogens is 247 g/mol. The lowest BCUT2D eigenvalue weighted by molar-refractivity contribution is -0.173. The Kier molecular flexibility index (Phi) is 5.77. The third-order valence-electron chi connectivity index (χ3n) is 2.15. The molecule has 1 rings (SSSR count). The molecule has 102 valence electrons. The number of alkyl halides is 3. The zero-order valence-corrected chi connectivity index (χ0v) is 10.1. The molecule has 1 N–H and O–H groups in total. The number of hydrogen-bond donors (Lipinski definition) is 1. The Hall–Kier alpha value is -1.43. The number of rotatable bonds is 7. The molecule has 1 aromatic rings. The number of ether oxygens (including phenoxy) is 2. The molecule has 0 atom stereocenters. The maximum absolute atomic E-state index is 11.7. The summed E-state index contributed by atoms with van der Waals surface area (Å²) < 4.78 is 44.7. The van der Waals surface area contributed by atoms with E-state index in [1.54, 1.807) is 7.11 Å². The van der Waals surface area contributed by atoms with Crippen LogP contribution < -0.4 is 10.1 Å². The molecule has 0 amide bonds. The van der Waals surface area contributed by atoms with Crippen molar-refractivity contribution in [3.8, 4) is 5.75 Å². The molecule has 0 saturated carbocycles. The maximum Gasteiger partial charge on any atom is 0.411 e. The minimum absolute atomic E-state index is 0.0860. The zero-order valence-electron chi connectivity index (χ0n) is 10.1. The average Bonchev–Trinajstić information content (AvgIpc) is 2.33. The fourth-order valence-corrected chi connectivity index (χ4v) is 1.30. The van der Waals surface area contributed by atoms with Gasteiger partial charge in [0.05, 0.1) is 7.11 Å². The Morgan fingerprint density at radius 1 is 1.17 bits per heavy atom. The number of methoxy groups -OCH3 is 1. The van der Waals surface area contributed by atoms with E-state index in [-0.39, 0.29) is 6.61 Å². The van der Waals surface area contributed by atoms with Gasteiger partial charge in [-0.15, -0.1) is 0 Å². The van der Waals surface area contributed by atoms with Gasteiger partial charge in [0.2, 0.25) is 0 Å². The minimum atomic E-state index is -4.25. The van der Waals surface area contributed by atoms with Crippen molar-refractivity contribution in [2.24, 2.45) is 0 Å². The van der Waals surface area contributed by atoms with Crippen LogP contribution >= 0.6 is 0 Å². The van der Waals surface area contributed by atoms with Gasteiger partial charge in [0.15, 0.2) is 0 Å². The topological polar surface area (TPSA) is 30.5 Å². The molecule has 0 aliphatic heterocycles. The molecule has 18 heavy (non-hydrogen) atoms. The fraction of sp³-hybridized carbons (Fsp3) is 0.500. The lowest BCUT2D eigenvalue weighted by atomic mass is 10.3. The van der Waals surface area contributed by atoms with Crippen molar-refractivity contribution in [1.82, 2.24) is 0 Å². The summed E-state index contributed by atoms with van der Waals surface area (Å²) in [4.78, 5) is 0. The molecule has 0 aliphatic rings. The monoisotopic (exact) mass is 263 g/mol. The Morgan fingerprint density at radius 2 is 1.83 bits per heavy atom. The molecule has 3 nitrogen and oxygen atoms in total. The normalized spacial score (nSPS) is 11.3. The molecular formula is C12H16F3NO2. The Balaban J connectivity index is 2.10. The van der Waals surface area contributed by atoms with E-state index in [9.17, 15) is 13.2 Å². The van der Waals surface area contributed by atoms with Crippen LogP contribution in [0, 0.1) is 0 Å². The van der Waals surface area contributed by atoms with Crippen LogP contribution in [-0.4, -0.2) is 33.0 Å². The van der Waals surface area contributed by atoms with E-state index in [2.05, 4.69) is 10.1 Å². The second kappa shape index (κ2) is 7.10. The van der Waals surface area contributed by atoms with Gasteiger partial charge in [0.1, 0.15) is 12.4 Å². The van der Waals surface area contributed by atoms with Gasteiger partial charge >= 0.3 is 6.18 Å². The van der Waals surface area contributed by atoms with Crippen LogP contribution in [0.25, 0.3) is 0 Å². The van der Waals surface area contributed by atoms with Gasteiger partial charge in [-0.1, -0.05) is 0 Å². The van der Waals surface area contributed by atoms with Crippen molar-refractivity contribution in [2.75, 3.05) is 32.2 Å². The van der Waals surface area contributed by atoms with E-state index in [4.69, 9.17) is 4.74 Å². The molecule has 0 saturated heterocycles. The van der Waals surface area contributed by atoms with Crippen LogP contribution in [0.4, 0.5) is 18.9 Å². The molecule has 6 heteroatoms. The molecule has 0 fully saturated rings. The Morgan fingerprint density at radius 3 is 2.39 bits per heavy atom. The fourth-order valence-electron chi connectivity index (χ4n) is 1.30. The summed E-state index contributed by atoms with van der Waals surface area (Å²) in [6.45, 7) is -0.539. The molecule has 0 unspecified atom stereocenters. The number of anilines is 1. The van der Waals surface area contributed by atoms with Gasteiger partial charge in [-0.3, -0.25) is 0 Å². The predicted molar refractivity (Wildman–Crippen MR) is 63.0 cm³/mol. The van der Waals surface area contributed by atoms with Crippen molar-refractivity contribution >= 4 is 5.69 Å². The second-order valence-electron chi connectivity index (χ2n) is 3.68. The second-order valence-corrected chi connectivity index (χ2v) is 3.68. The highest BCUT2D eigenvalue weighted by molar-refractivity contribution is 5.46. The highest BCUT2D eigenvalue weighted by Gasteiger charge is 2.27. The predicted octanol–water partition coefficient (Wildman–Crippen LogP) is 3.08. The standard InChI is InChI=1S/C12H16F3NO2/c1-17-11-5-3-10(4-6-11)16-7-2-8-18-9-12(13,14)15/h3-6,16H,2,7-9H2,1H3. The van der Waals surface area contributed by atoms with Crippen molar-refractivity contribution in [3.05, 3.63) is 24.3 Å². The smallest absolute Gasteiger partial charge is 0.411 e. The lowest BCUT2D eigenvalue weighted by Gasteiger charge is -2.09. The van der Waals surface area contributed by atoms with Crippen LogP contribution in [0.5, 0.6) is 5.75 Å². The first kappa shape index (κ1) is 14.6. The first-order chi connectivity index (χ1) is 8.51. The van der Waals surface area contributed by atoms with E-state index in [0.29, 0.717) is 13.0 Å². The van der Waals surface area contributed by atoms with Gasteiger partial charge in [-0.05, 0) is 30.7 Å². The number of hydrogen-bond acceptors (Lipinski definition) is 3. The SMILES string of the molecule is COc1ccc(NCCCOCC(F)(F)F)cc1. The highest BCUT2D eigenvalue weighted by Crippen LogP contribution is 2.15. The third kappa shape index (κ3) is 6.34. The van der Waals surface area contributed by atoms with Gasteiger partial charge in [-0.2, -0.15) is 13.2 Å². The van der Waals surface area contributed by atoms with Gasteiger partial charge in [0, 0.05) is 18.8 Å². The zero-order chi connectivity index (χ0) is 13.4. The Bertz CT molecular complexity index is 338. The van der Waals surface area contributed by atoms with E-state index >= 15 is 0 Å². The van der Waals surface area contributed by atoms with Crippen LogP contribution in [0.3, 0.4) is 0 Å². The molecule has 0 aliphatic carbocycles. The summed E-state index contributed by atoms with van der Waals surface area (Å²) in [5, 5.41) is 3.08. The molecule has 0 heterocycles. The van der Waals surface area contributed by atoms with Crippen molar-refractivity contribution in [2.45, 2.75) is 12.6 Å². The summed E-state index contributed by atoms with van der Waals surface area (Å²) in [7, 11) is 1.58. The van der Waals surface area contributed by atoms with Crippen LogP contribution in [0.15, 0.2) is 24.3 Å². The van der Waals surface area contributed by atoms with Crippen LogP contribution in [-0.2, 0) is 4.74 Å². The third-order valence-corrected chi connectivity index (χ3v) is 2.15.